The summed E-state index contributed by atoms with van der Waals surface area (Å²) in [4.78, 5) is 29.1. The van der Waals surface area contributed by atoms with E-state index in [0.717, 1.165) is 74.9 Å². The number of amides is 1. The molecule has 8 heteroatoms. The standard InChI is InChI=1S/C23H28N6OS/c24-21(30)18-6-7-28(15-18)9-8-27-10-12-29(13-11-27)23-25-14-19-20(16-31-22(19)26-23)17-4-2-1-3-5-17/h1-5,14,16,18H,6-13,15H2,(H2,24,30). The van der Waals surface area contributed by atoms with Crippen molar-refractivity contribution in [3.8, 4) is 11.1 Å². The third-order valence-corrected chi connectivity index (χ3v) is 7.35. The van der Waals surface area contributed by atoms with Crippen molar-refractivity contribution in [3.05, 3.63) is 41.9 Å². The Kier molecular flexibility index (Phi) is 5.85. The number of anilines is 1. The number of likely N-dealkylation sites (tertiary alicyclic amines) is 1. The molecule has 3 aromatic rings. The van der Waals surface area contributed by atoms with Gasteiger partial charge in [-0.15, -0.1) is 11.3 Å². The lowest BCUT2D eigenvalue weighted by molar-refractivity contribution is -0.121. The summed E-state index contributed by atoms with van der Waals surface area (Å²) in [7, 11) is 0. The second-order valence-corrected chi connectivity index (χ2v) is 9.28. The summed E-state index contributed by atoms with van der Waals surface area (Å²) >= 11 is 1.69. The molecule has 0 aliphatic carbocycles. The van der Waals surface area contributed by atoms with Gasteiger partial charge in [-0.25, -0.2) is 9.97 Å². The van der Waals surface area contributed by atoms with Crippen LogP contribution in [0, 0.1) is 5.92 Å². The van der Waals surface area contributed by atoms with Crippen LogP contribution in [0.25, 0.3) is 21.3 Å². The van der Waals surface area contributed by atoms with Crippen LogP contribution in [-0.2, 0) is 4.79 Å². The van der Waals surface area contributed by atoms with Crippen LogP contribution in [0.3, 0.4) is 0 Å². The Labute approximate surface area is 186 Å². The maximum absolute atomic E-state index is 11.3. The lowest BCUT2D eigenvalue weighted by Crippen LogP contribution is -2.48. The van der Waals surface area contributed by atoms with Gasteiger partial charge in [0.1, 0.15) is 4.83 Å². The van der Waals surface area contributed by atoms with Crippen LogP contribution in [0.4, 0.5) is 5.95 Å². The third-order valence-electron chi connectivity index (χ3n) is 6.47. The molecule has 162 valence electrons. The van der Waals surface area contributed by atoms with Crippen LogP contribution in [0.15, 0.2) is 41.9 Å². The molecule has 2 aliphatic rings. The van der Waals surface area contributed by atoms with Crippen LogP contribution < -0.4 is 10.6 Å². The van der Waals surface area contributed by atoms with Gasteiger partial charge in [0.25, 0.3) is 0 Å². The molecule has 2 saturated heterocycles. The molecule has 1 aromatic carbocycles. The number of nitrogens with zero attached hydrogens (tertiary/aromatic N) is 5. The van der Waals surface area contributed by atoms with E-state index in [0.29, 0.717) is 0 Å². The monoisotopic (exact) mass is 436 g/mol. The van der Waals surface area contributed by atoms with E-state index in [1.807, 2.05) is 12.3 Å². The molecular formula is C23H28N6OS. The van der Waals surface area contributed by atoms with Gasteiger partial charge in [0, 0.05) is 68.3 Å². The van der Waals surface area contributed by atoms with E-state index in [1.165, 1.54) is 11.1 Å². The first-order chi connectivity index (χ1) is 15.2. The number of carbonyl (C=O) groups excluding carboxylic acids is 1. The molecule has 7 nitrogen and oxygen atoms in total. The van der Waals surface area contributed by atoms with E-state index in [2.05, 4.69) is 44.3 Å². The SMILES string of the molecule is NC(=O)C1CCN(CCN2CCN(c3ncc4c(-c5ccccc5)csc4n3)CC2)C1. The Bertz CT molecular complexity index is 1050. The number of piperazine rings is 1. The van der Waals surface area contributed by atoms with Crippen molar-refractivity contribution in [3.63, 3.8) is 0 Å². The third kappa shape index (κ3) is 4.42. The Morgan fingerprint density at radius 3 is 2.58 bits per heavy atom. The van der Waals surface area contributed by atoms with Crippen LogP contribution in [0.1, 0.15) is 6.42 Å². The smallest absolute Gasteiger partial charge is 0.226 e. The van der Waals surface area contributed by atoms with E-state index >= 15 is 0 Å². The molecule has 31 heavy (non-hydrogen) atoms. The van der Waals surface area contributed by atoms with Crippen LogP contribution in [-0.4, -0.2) is 78.0 Å². The zero-order valence-electron chi connectivity index (χ0n) is 17.6. The molecule has 0 spiro atoms. The molecule has 0 radical (unpaired) electrons. The maximum atomic E-state index is 11.3. The quantitative estimate of drug-likeness (QED) is 0.639. The predicted octanol–water partition coefficient (Wildman–Crippen LogP) is 2.29. The van der Waals surface area contributed by atoms with Gasteiger partial charge in [-0.2, -0.15) is 0 Å². The molecule has 1 unspecified atom stereocenters. The molecule has 2 aliphatic heterocycles. The number of benzene rings is 1. The number of carbonyl (C=O) groups is 1. The van der Waals surface area contributed by atoms with E-state index in [1.54, 1.807) is 11.3 Å². The van der Waals surface area contributed by atoms with Crippen LogP contribution in [0.5, 0.6) is 0 Å². The Hall–Kier alpha value is -2.55. The topological polar surface area (TPSA) is 78.6 Å². The first-order valence-corrected chi connectivity index (χ1v) is 11.8. The second kappa shape index (κ2) is 8.90. The molecule has 5 rings (SSSR count). The fraction of sp³-hybridized carbons (Fsp3) is 0.435. The lowest BCUT2D eigenvalue weighted by atomic mass is 10.1. The van der Waals surface area contributed by atoms with Crippen molar-refractivity contribution in [2.45, 2.75) is 6.42 Å². The maximum Gasteiger partial charge on any atom is 0.226 e. The summed E-state index contributed by atoms with van der Waals surface area (Å²) in [6.45, 7) is 7.72. The number of fused-ring (bicyclic) bond motifs is 1. The first-order valence-electron chi connectivity index (χ1n) is 11.0. The Morgan fingerprint density at radius 1 is 1.06 bits per heavy atom. The van der Waals surface area contributed by atoms with Crippen molar-refractivity contribution in [1.82, 2.24) is 19.8 Å². The number of hydrogen-bond donors (Lipinski definition) is 1. The summed E-state index contributed by atoms with van der Waals surface area (Å²) in [5, 5.41) is 3.30. The van der Waals surface area contributed by atoms with Gasteiger partial charge >= 0.3 is 0 Å². The van der Waals surface area contributed by atoms with Gasteiger partial charge in [-0.05, 0) is 18.5 Å². The summed E-state index contributed by atoms with van der Waals surface area (Å²) in [5.74, 6) is 0.704. The summed E-state index contributed by atoms with van der Waals surface area (Å²) < 4.78 is 0. The minimum atomic E-state index is -0.158. The Balaban J connectivity index is 1.17. The largest absolute Gasteiger partial charge is 0.369 e. The fourth-order valence-corrected chi connectivity index (χ4v) is 5.44. The zero-order chi connectivity index (χ0) is 21.2. The highest BCUT2D eigenvalue weighted by molar-refractivity contribution is 7.17. The van der Waals surface area contributed by atoms with Gasteiger partial charge < -0.3 is 15.5 Å². The van der Waals surface area contributed by atoms with Crippen molar-refractivity contribution in [2.24, 2.45) is 11.7 Å². The fourth-order valence-electron chi connectivity index (χ4n) is 4.53. The molecule has 1 atom stereocenters. The number of hydrogen-bond acceptors (Lipinski definition) is 7. The van der Waals surface area contributed by atoms with E-state index in [4.69, 9.17) is 15.7 Å². The number of primary amides is 1. The highest BCUT2D eigenvalue weighted by Gasteiger charge is 2.27. The van der Waals surface area contributed by atoms with Gasteiger partial charge in [-0.1, -0.05) is 30.3 Å². The molecule has 2 N–H and O–H groups in total. The zero-order valence-corrected chi connectivity index (χ0v) is 18.4. The summed E-state index contributed by atoms with van der Waals surface area (Å²) in [6.07, 6.45) is 2.88. The molecule has 4 heterocycles. The van der Waals surface area contributed by atoms with Crippen molar-refractivity contribution >= 4 is 33.4 Å². The van der Waals surface area contributed by atoms with E-state index < -0.39 is 0 Å². The number of nitrogens with two attached hydrogens (primary N) is 1. The average molecular weight is 437 g/mol. The minimum Gasteiger partial charge on any atom is -0.369 e. The lowest BCUT2D eigenvalue weighted by Gasteiger charge is -2.35. The van der Waals surface area contributed by atoms with E-state index in [-0.39, 0.29) is 11.8 Å². The summed E-state index contributed by atoms with van der Waals surface area (Å²) in [5.41, 5.74) is 7.86. The first kappa shape index (κ1) is 20.4. The van der Waals surface area contributed by atoms with Crippen molar-refractivity contribution in [2.75, 3.05) is 57.3 Å². The van der Waals surface area contributed by atoms with E-state index in [9.17, 15) is 4.79 Å². The number of aromatic nitrogens is 2. The molecule has 0 saturated carbocycles. The molecular weight excluding hydrogens is 408 g/mol. The second-order valence-electron chi connectivity index (χ2n) is 8.42. The Morgan fingerprint density at radius 2 is 1.84 bits per heavy atom. The van der Waals surface area contributed by atoms with Gasteiger partial charge in [0.05, 0.1) is 5.92 Å². The minimum absolute atomic E-state index is 0.0311. The molecule has 0 bridgehead atoms. The predicted molar refractivity (Wildman–Crippen MR) is 125 cm³/mol. The van der Waals surface area contributed by atoms with Gasteiger partial charge in [0.15, 0.2) is 0 Å². The molecule has 2 aromatic heterocycles. The average Bonchev–Trinajstić information content (AvgIpc) is 3.46. The van der Waals surface area contributed by atoms with Gasteiger partial charge in [0.2, 0.25) is 11.9 Å². The van der Waals surface area contributed by atoms with Crippen molar-refractivity contribution in [1.29, 1.82) is 0 Å². The summed E-state index contributed by atoms with van der Waals surface area (Å²) in [6, 6.07) is 10.4. The molecule has 2 fully saturated rings. The number of thiophene rings is 1. The van der Waals surface area contributed by atoms with Gasteiger partial charge in [-0.3, -0.25) is 9.69 Å². The number of rotatable bonds is 6. The highest BCUT2D eigenvalue weighted by Crippen LogP contribution is 2.33. The van der Waals surface area contributed by atoms with Crippen LogP contribution in [0.2, 0.25) is 0 Å². The van der Waals surface area contributed by atoms with Crippen molar-refractivity contribution < 1.29 is 4.79 Å². The van der Waals surface area contributed by atoms with Crippen LogP contribution >= 0.6 is 11.3 Å². The highest BCUT2D eigenvalue weighted by atomic mass is 32.1. The normalized spacial score (nSPS) is 20.5. The molecule has 1 amide bonds.